The van der Waals surface area contributed by atoms with Crippen LogP contribution in [0.25, 0.3) is 0 Å². The van der Waals surface area contributed by atoms with Crippen molar-refractivity contribution in [1.82, 2.24) is 5.32 Å². The summed E-state index contributed by atoms with van der Waals surface area (Å²) in [5.41, 5.74) is 3.41. The summed E-state index contributed by atoms with van der Waals surface area (Å²) in [6.45, 7) is 4.59. The predicted octanol–water partition coefficient (Wildman–Crippen LogP) is 4.51. The van der Waals surface area contributed by atoms with Gasteiger partial charge in [0, 0.05) is 35.6 Å². The first-order chi connectivity index (χ1) is 13.4. The molecule has 4 rings (SSSR count). The van der Waals surface area contributed by atoms with Crippen LogP contribution < -0.4 is 10.1 Å². The van der Waals surface area contributed by atoms with Crippen LogP contribution >= 0.6 is 0 Å². The average Bonchev–Trinajstić information content (AvgIpc) is 2.65. The summed E-state index contributed by atoms with van der Waals surface area (Å²) in [4.78, 5) is 25.4. The lowest BCUT2D eigenvalue weighted by Gasteiger charge is -2.38. The first kappa shape index (κ1) is 18.5. The molecular weight excluding hydrogens is 350 g/mol. The molecule has 0 aromatic heterocycles. The van der Waals surface area contributed by atoms with Gasteiger partial charge in [-0.15, -0.1) is 0 Å². The molecule has 1 unspecified atom stereocenters. The Hall–Kier alpha value is -2.88. The van der Waals surface area contributed by atoms with Gasteiger partial charge in [0.1, 0.15) is 12.4 Å². The number of carbonyl (C=O) groups excluding carboxylic acids is 2. The Morgan fingerprint density at radius 1 is 1.00 bits per heavy atom. The Bertz CT molecular complexity index is 943. The number of hydrogen-bond acceptors (Lipinski definition) is 3. The van der Waals surface area contributed by atoms with Crippen LogP contribution in [0.15, 0.2) is 65.9 Å². The molecule has 2 aromatic rings. The largest absolute Gasteiger partial charge is 0.489 e. The van der Waals surface area contributed by atoms with Gasteiger partial charge in [-0.25, -0.2) is 0 Å². The standard InChI is InChI=1S/C24H25NO3/c1-24(2)13-19-23(20(26)14-24)18(12-22(27)25-19)17-10-6-7-11-21(17)28-15-16-8-4-3-5-9-16/h3-11,18H,12-15H2,1-2H3,(H,25,27). The van der Waals surface area contributed by atoms with Gasteiger partial charge >= 0.3 is 0 Å². The molecule has 0 bridgehead atoms. The van der Waals surface area contributed by atoms with E-state index in [0.717, 1.165) is 28.1 Å². The van der Waals surface area contributed by atoms with Crippen LogP contribution in [0.5, 0.6) is 5.75 Å². The Balaban J connectivity index is 1.68. The quantitative estimate of drug-likeness (QED) is 0.855. The maximum absolute atomic E-state index is 13.0. The maximum atomic E-state index is 13.0. The van der Waals surface area contributed by atoms with E-state index >= 15 is 0 Å². The second-order valence-corrected chi connectivity index (χ2v) is 8.45. The summed E-state index contributed by atoms with van der Waals surface area (Å²) in [6.07, 6.45) is 1.49. The summed E-state index contributed by atoms with van der Waals surface area (Å²) >= 11 is 0. The van der Waals surface area contributed by atoms with Crippen molar-refractivity contribution in [3.05, 3.63) is 77.0 Å². The number of ketones is 1. The van der Waals surface area contributed by atoms with E-state index in [1.165, 1.54) is 0 Å². The van der Waals surface area contributed by atoms with Crippen LogP contribution in [0, 0.1) is 5.41 Å². The Morgan fingerprint density at radius 2 is 1.71 bits per heavy atom. The second kappa shape index (κ2) is 7.27. The van der Waals surface area contributed by atoms with Gasteiger partial charge in [0.25, 0.3) is 0 Å². The minimum absolute atomic E-state index is 0.0351. The highest BCUT2D eigenvalue weighted by molar-refractivity contribution is 6.02. The summed E-state index contributed by atoms with van der Waals surface area (Å²) in [7, 11) is 0. The minimum Gasteiger partial charge on any atom is -0.489 e. The molecule has 0 radical (unpaired) electrons. The van der Waals surface area contributed by atoms with Crippen molar-refractivity contribution >= 4 is 11.7 Å². The fraction of sp³-hybridized carbons (Fsp3) is 0.333. The smallest absolute Gasteiger partial charge is 0.225 e. The second-order valence-electron chi connectivity index (χ2n) is 8.45. The van der Waals surface area contributed by atoms with Crippen LogP contribution in [0.3, 0.4) is 0 Å². The number of amides is 1. The van der Waals surface area contributed by atoms with Gasteiger partial charge < -0.3 is 10.1 Å². The lowest BCUT2D eigenvalue weighted by molar-refractivity contribution is -0.122. The summed E-state index contributed by atoms with van der Waals surface area (Å²) < 4.78 is 6.10. The van der Waals surface area contributed by atoms with Gasteiger partial charge in [-0.05, 0) is 23.5 Å². The number of nitrogens with one attached hydrogen (secondary N) is 1. The number of rotatable bonds is 4. The van der Waals surface area contributed by atoms with Crippen molar-refractivity contribution in [2.45, 2.75) is 45.6 Å². The van der Waals surface area contributed by atoms with E-state index in [0.29, 0.717) is 19.4 Å². The third-order valence-electron chi connectivity index (χ3n) is 5.48. The molecule has 1 heterocycles. The monoisotopic (exact) mass is 375 g/mol. The number of allylic oxidation sites excluding steroid dienone is 2. The number of hydrogen-bond donors (Lipinski definition) is 1. The van der Waals surface area contributed by atoms with Crippen molar-refractivity contribution in [2.75, 3.05) is 0 Å². The third kappa shape index (κ3) is 3.72. The molecular formula is C24H25NO3. The number of Topliss-reactive ketones (excluding diaryl/α,β-unsaturated/α-hetero) is 1. The molecule has 1 N–H and O–H groups in total. The molecule has 1 atom stereocenters. The summed E-state index contributed by atoms with van der Waals surface area (Å²) in [5.74, 6) is 0.580. The molecule has 28 heavy (non-hydrogen) atoms. The van der Waals surface area contributed by atoms with Gasteiger partial charge in [-0.2, -0.15) is 0 Å². The zero-order chi connectivity index (χ0) is 19.7. The number of benzene rings is 2. The molecule has 4 heteroatoms. The normalized spacial score (nSPS) is 21.1. The molecule has 1 aliphatic heterocycles. The number of para-hydroxylation sites is 1. The zero-order valence-electron chi connectivity index (χ0n) is 16.3. The molecule has 0 spiro atoms. The van der Waals surface area contributed by atoms with Gasteiger partial charge in [0.05, 0.1) is 0 Å². The summed E-state index contributed by atoms with van der Waals surface area (Å²) in [5, 5.41) is 2.96. The zero-order valence-corrected chi connectivity index (χ0v) is 16.3. The van der Waals surface area contributed by atoms with Crippen molar-refractivity contribution in [3.8, 4) is 5.75 Å². The topological polar surface area (TPSA) is 55.4 Å². The Morgan fingerprint density at radius 3 is 2.50 bits per heavy atom. The first-order valence-corrected chi connectivity index (χ1v) is 9.75. The van der Waals surface area contributed by atoms with E-state index in [1.54, 1.807) is 0 Å². The molecule has 1 aliphatic carbocycles. The van der Waals surface area contributed by atoms with E-state index in [1.807, 2.05) is 54.6 Å². The SMILES string of the molecule is CC1(C)CC(=O)C2=C(C1)NC(=O)CC2c1ccccc1OCc1ccccc1. The van der Waals surface area contributed by atoms with Crippen LogP contribution in [0.1, 0.15) is 50.2 Å². The van der Waals surface area contributed by atoms with Crippen LogP contribution in [-0.4, -0.2) is 11.7 Å². The van der Waals surface area contributed by atoms with Crippen molar-refractivity contribution in [2.24, 2.45) is 5.41 Å². The molecule has 2 aromatic carbocycles. The molecule has 1 amide bonds. The Kier molecular flexibility index (Phi) is 4.80. The number of ether oxygens (including phenoxy) is 1. The Labute approximate surface area is 165 Å². The van der Waals surface area contributed by atoms with Gasteiger partial charge in [0.15, 0.2) is 5.78 Å². The van der Waals surface area contributed by atoms with Crippen LogP contribution in [-0.2, 0) is 16.2 Å². The van der Waals surface area contributed by atoms with Crippen LogP contribution in [0.2, 0.25) is 0 Å². The highest BCUT2D eigenvalue weighted by Crippen LogP contribution is 2.45. The van der Waals surface area contributed by atoms with E-state index in [-0.39, 0.29) is 29.4 Å². The van der Waals surface area contributed by atoms with E-state index in [9.17, 15) is 9.59 Å². The predicted molar refractivity (Wildman–Crippen MR) is 108 cm³/mol. The van der Waals surface area contributed by atoms with Crippen LogP contribution in [0.4, 0.5) is 0 Å². The van der Waals surface area contributed by atoms with Crippen molar-refractivity contribution in [3.63, 3.8) is 0 Å². The molecule has 0 saturated heterocycles. The third-order valence-corrected chi connectivity index (χ3v) is 5.48. The highest BCUT2D eigenvalue weighted by Gasteiger charge is 2.41. The average molecular weight is 375 g/mol. The van der Waals surface area contributed by atoms with Gasteiger partial charge in [-0.1, -0.05) is 62.4 Å². The van der Waals surface area contributed by atoms with E-state index < -0.39 is 0 Å². The van der Waals surface area contributed by atoms with Gasteiger partial charge in [0.2, 0.25) is 5.91 Å². The highest BCUT2D eigenvalue weighted by atomic mass is 16.5. The molecule has 144 valence electrons. The molecule has 0 fully saturated rings. The number of carbonyl (C=O) groups is 2. The maximum Gasteiger partial charge on any atom is 0.225 e. The molecule has 2 aliphatic rings. The van der Waals surface area contributed by atoms with Crippen molar-refractivity contribution in [1.29, 1.82) is 0 Å². The summed E-state index contributed by atoms with van der Waals surface area (Å²) in [6, 6.07) is 17.7. The van der Waals surface area contributed by atoms with E-state index in [2.05, 4.69) is 19.2 Å². The fourth-order valence-electron chi connectivity index (χ4n) is 4.26. The van der Waals surface area contributed by atoms with Gasteiger partial charge in [-0.3, -0.25) is 9.59 Å². The fourth-order valence-corrected chi connectivity index (χ4v) is 4.26. The van der Waals surface area contributed by atoms with Crippen molar-refractivity contribution < 1.29 is 14.3 Å². The molecule has 4 nitrogen and oxygen atoms in total. The van der Waals surface area contributed by atoms with E-state index in [4.69, 9.17) is 4.74 Å². The lowest BCUT2D eigenvalue weighted by Crippen LogP contribution is -2.40. The molecule has 0 saturated carbocycles. The first-order valence-electron chi connectivity index (χ1n) is 9.75. The minimum atomic E-state index is -0.251. The lowest BCUT2D eigenvalue weighted by atomic mass is 9.70.